The molecule has 2 aromatic carbocycles. The average molecular weight is 235 g/mol. The summed E-state index contributed by atoms with van der Waals surface area (Å²) >= 11 is 0. The molecule has 3 aromatic rings. The van der Waals surface area contributed by atoms with Crippen LogP contribution >= 0.6 is 0 Å². The fourth-order valence-electron chi connectivity index (χ4n) is 1.87. The number of fused-ring (bicyclic) bond motifs is 1. The van der Waals surface area contributed by atoms with Crippen LogP contribution in [0.15, 0.2) is 59.0 Å². The Bertz CT molecular complexity index is 659. The summed E-state index contributed by atoms with van der Waals surface area (Å²) in [6, 6.07) is 17.8. The van der Waals surface area contributed by atoms with E-state index in [1.807, 2.05) is 66.7 Å². The molecule has 0 saturated carbocycles. The second-order valence-electron chi connectivity index (χ2n) is 4.19. The first-order valence-corrected chi connectivity index (χ1v) is 5.83. The van der Waals surface area contributed by atoms with Gasteiger partial charge in [0.05, 0.1) is 0 Å². The monoisotopic (exact) mass is 235 g/mol. The van der Waals surface area contributed by atoms with Crippen LogP contribution in [0.3, 0.4) is 0 Å². The SMILES string of the molecule is Nc1ccc(/C=C/c2cc3ccccc3o2)cc1. The molecular weight excluding hydrogens is 222 g/mol. The zero-order valence-corrected chi connectivity index (χ0v) is 9.84. The predicted molar refractivity (Wildman–Crippen MR) is 76.0 cm³/mol. The van der Waals surface area contributed by atoms with E-state index in [2.05, 4.69) is 0 Å². The van der Waals surface area contributed by atoms with Gasteiger partial charge in [-0.3, -0.25) is 0 Å². The molecule has 0 spiro atoms. The molecule has 0 amide bonds. The molecule has 1 heterocycles. The van der Waals surface area contributed by atoms with Crippen LogP contribution in [0.4, 0.5) is 5.69 Å². The van der Waals surface area contributed by atoms with Crippen LogP contribution in [0.2, 0.25) is 0 Å². The molecule has 3 rings (SSSR count). The summed E-state index contributed by atoms with van der Waals surface area (Å²) < 4.78 is 5.70. The van der Waals surface area contributed by atoms with E-state index in [-0.39, 0.29) is 0 Å². The zero-order chi connectivity index (χ0) is 12.4. The average Bonchev–Trinajstić information content (AvgIpc) is 2.81. The third-order valence-electron chi connectivity index (χ3n) is 2.82. The molecule has 0 bridgehead atoms. The highest BCUT2D eigenvalue weighted by molar-refractivity contribution is 5.81. The second-order valence-corrected chi connectivity index (χ2v) is 4.19. The minimum Gasteiger partial charge on any atom is -0.457 e. The number of furan rings is 1. The van der Waals surface area contributed by atoms with Crippen molar-refractivity contribution in [3.05, 3.63) is 65.9 Å². The summed E-state index contributed by atoms with van der Waals surface area (Å²) in [5.74, 6) is 0.855. The molecule has 0 aliphatic heterocycles. The van der Waals surface area contributed by atoms with Crippen molar-refractivity contribution in [2.24, 2.45) is 0 Å². The van der Waals surface area contributed by atoms with E-state index in [4.69, 9.17) is 10.2 Å². The minimum absolute atomic E-state index is 0.774. The summed E-state index contributed by atoms with van der Waals surface area (Å²) in [6.07, 6.45) is 3.97. The van der Waals surface area contributed by atoms with Gasteiger partial charge in [0.1, 0.15) is 11.3 Å². The first-order valence-electron chi connectivity index (χ1n) is 5.83. The van der Waals surface area contributed by atoms with Crippen molar-refractivity contribution in [1.82, 2.24) is 0 Å². The van der Waals surface area contributed by atoms with Crippen LogP contribution in [0.25, 0.3) is 23.1 Å². The topological polar surface area (TPSA) is 39.2 Å². The summed E-state index contributed by atoms with van der Waals surface area (Å²) in [5, 5.41) is 1.12. The Morgan fingerprint density at radius 1 is 0.889 bits per heavy atom. The summed E-state index contributed by atoms with van der Waals surface area (Å²) in [6.45, 7) is 0. The van der Waals surface area contributed by atoms with Gasteiger partial charge in [-0.25, -0.2) is 0 Å². The largest absolute Gasteiger partial charge is 0.457 e. The normalized spacial score (nSPS) is 11.3. The summed E-state index contributed by atoms with van der Waals surface area (Å²) in [7, 11) is 0. The van der Waals surface area contributed by atoms with Crippen LogP contribution in [-0.4, -0.2) is 0 Å². The van der Waals surface area contributed by atoms with Gasteiger partial charge in [-0.05, 0) is 35.9 Å². The van der Waals surface area contributed by atoms with Gasteiger partial charge in [0.25, 0.3) is 0 Å². The number of benzene rings is 2. The van der Waals surface area contributed by atoms with E-state index in [1.165, 1.54) is 0 Å². The molecule has 0 aliphatic carbocycles. The molecule has 0 fully saturated rings. The van der Waals surface area contributed by atoms with E-state index in [1.54, 1.807) is 0 Å². The molecule has 0 atom stereocenters. The Kier molecular flexibility index (Phi) is 2.61. The van der Waals surface area contributed by atoms with Gasteiger partial charge in [-0.2, -0.15) is 0 Å². The van der Waals surface area contributed by atoms with E-state index >= 15 is 0 Å². The summed E-state index contributed by atoms with van der Waals surface area (Å²) in [4.78, 5) is 0. The lowest BCUT2D eigenvalue weighted by atomic mass is 10.2. The Hall–Kier alpha value is -2.48. The second kappa shape index (κ2) is 4.41. The third kappa shape index (κ3) is 2.13. The summed E-state index contributed by atoms with van der Waals surface area (Å²) in [5.41, 5.74) is 8.43. The maximum atomic E-state index is 5.70. The van der Waals surface area contributed by atoms with Crippen molar-refractivity contribution < 1.29 is 4.42 Å². The van der Waals surface area contributed by atoms with Crippen LogP contribution < -0.4 is 5.73 Å². The first-order chi connectivity index (χ1) is 8.81. The van der Waals surface area contributed by atoms with Gasteiger partial charge in [-0.1, -0.05) is 36.4 Å². The van der Waals surface area contributed by atoms with Gasteiger partial charge in [0.15, 0.2) is 0 Å². The fraction of sp³-hybridized carbons (Fsp3) is 0. The Morgan fingerprint density at radius 3 is 2.44 bits per heavy atom. The maximum Gasteiger partial charge on any atom is 0.134 e. The third-order valence-corrected chi connectivity index (χ3v) is 2.82. The first kappa shape index (κ1) is 10.7. The minimum atomic E-state index is 0.774. The molecule has 2 heteroatoms. The number of anilines is 1. The number of hydrogen-bond donors (Lipinski definition) is 1. The molecule has 0 radical (unpaired) electrons. The lowest BCUT2D eigenvalue weighted by Crippen LogP contribution is -1.82. The molecule has 0 unspecified atom stereocenters. The number of rotatable bonds is 2. The van der Waals surface area contributed by atoms with Crippen LogP contribution in [0.5, 0.6) is 0 Å². The molecule has 1 aromatic heterocycles. The van der Waals surface area contributed by atoms with Crippen molar-refractivity contribution in [3.63, 3.8) is 0 Å². The van der Waals surface area contributed by atoms with Crippen LogP contribution in [-0.2, 0) is 0 Å². The Labute approximate surface area is 105 Å². The smallest absolute Gasteiger partial charge is 0.134 e. The molecule has 2 nitrogen and oxygen atoms in total. The van der Waals surface area contributed by atoms with Crippen molar-refractivity contribution in [2.45, 2.75) is 0 Å². The lowest BCUT2D eigenvalue weighted by molar-refractivity contribution is 0.604. The van der Waals surface area contributed by atoms with Crippen LogP contribution in [0, 0.1) is 0 Å². The Morgan fingerprint density at radius 2 is 1.67 bits per heavy atom. The highest BCUT2D eigenvalue weighted by Crippen LogP contribution is 2.20. The van der Waals surface area contributed by atoms with Gasteiger partial charge in [-0.15, -0.1) is 0 Å². The molecule has 88 valence electrons. The van der Waals surface area contributed by atoms with Crippen molar-refractivity contribution in [2.75, 3.05) is 5.73 Å². The molecular formula is C16H13NO. The van der Waals surface area contributed by atoms with Crippen molar-refractivity contribution >= 4 is 28.8 Å². The van der Waals surface area contributed by atoms with Crippen LogP contribution in [0.1, 0.15) is 11.3 Å². The Balaban J connectivity index is 1.89. The standard InChI is InChI=1S/C16H13NO/c17-14-8-5-12(6-9-14)7-10-15-11-13-3-1-2-4-16(13)18-15/h1-11H,17H2/b10-7+. The molecule has 18 heavy (non-hydrogen) atoms. The van der Waals surface area contributed by atoms with Gasteiger partial charge in [0, 0.05) is 11.1 Å². The highest BCUT2D eigenvalue weighted by atomic mass is 16.3. The molecule has 0 saturated heterocycles. The number of hydrogen-bond acceptors (Lipinski definition) is 2. The lowest BCUT2D eigenvalue weighted by Gasteiger charge is -1.93. The zero-order valence-electron chi connectivity index (χ0n) is 9.84. The maximum absolute atomic E-state index is 5.70. The molecule has 2 N–H and O–H groups in total. The van der Waals surface area contributed by atoms with E-state index < -0.39 is 0 Å². The van der Waals surface area contributed by atoms with E-state index in [0.717, 1.165) is 28.0 Å². The highest BCUT2D eigenvalue weighted by Gasteiger charge is 1.98. The number of nitrogen functional groups attached to an aromatic ring is 1. The quantitative estimate of drug-likeness (QED) is 0.676. The van der Waals surface area contributed by atoms with E-state index in [9.17, 15) is 0 Å². The van der Waals surface area contributed by atoms with Gasteiger partial charge in [0.2, 0.25) is 0 Å². The van der Waals surface area contributed by atoms with Gasteiger partial charge < -0.3 is 10.2 Å². The van der Waals surface area contributed by atoms with Crippen molar-refractivity contribution in [1.29, 1.82) is 0 Å². The number of nitrogens with two attached hydrogens (primary N) is 1. The molecule has 0 aliphatic rings. The predicted octanol–water partition coefficient (Wildman–Crippen LogP) is 4.19. The van der Waals surface area contributed by atoms with E-state index in [0.29, 0.717) is 0 Å². The van der Waals surface area contributed by atoms with Gasteiger partial charge >= 0.3 is 0 Å². The van der Waals surface area contributed by atoms with Crippen molar-refractivity contribution in [3.8, 4) is 0 Å². The number of para-hydroxylation sites is 1. The fourth-order valence-corrected chi connectivity index (χ4v) is 1.87.